The molecule has 6 heteroatoms. The molecule has 0 aromatic heterocycles. The second-order valence-electron chi connectivity index (χ2n) is 3.36. The Morgan fingerprint density at radius 2 is 1.78 bits per heavy atom. The molecule has 18 heavy (non-hydrogen) atoms. The number of nitrogens with one attached hydrogen (secondary N) is 1. The third-order valence-electron chi connectivity index (χ3n) is 1.77. The van der Waals surface area contributed by atoms with Crippen LogP contribution in [0.4, 0.5) is 5.69 Å². The van der Waals surface area contributed by atoms with Gasteiger partial charge in [0.05, 0.1) is 13.2 Å². The highest BCUT2D eigenvalue weighted by molar-refractivity contribution is 5.92. The smallest absolute Gasteiger partial charge is 0.224 e. The molecule has 5 N–H and O–H groups in total. The van der Waals surface area contributed by atoms with Gasteiger partial charge in [0, 0.05) is 18.1 Å². The first kappa shape index (κ1) is 16.1. The molecule has 6 nitrogen and oxygen atoms in total. The number of anilines is 1. The van der Waals surface area contributed by atoms with E-state index in [-0.39, 0.29) is 25.4 Å². The molecule has 0 bridgehead atoms. The maximum absolute atomic E-state index is 11.1. The summed E-state index contributed by atoms with van der Waals surface area (Å²) < 4.78 is 0. The second-order valence-corrected chi connectivity index (χ2v) is 3.36. The molecule has 0 aliphatic rings. The van der Waals surface area contributed by atoms with Crippen molar-refractivity contribution in [1.29, 1.82) is 0 Å². The van der Waals surface area contributed by atoms with E-state index in [1.165, 1.54) is 0 Å². The van der Waals surface area contributed by atoms with Crippen molar-refractivity contribution >= 4 is 17.6 Å². The van der Waals surface area contributed by atoms with E-state index in [1.807, 2.05) is 6.07 Å². The first-order valence-corrected chi connectivity index (χ1v) is 5.55. The van der Waals surface area contributed by atoms with Crippen LogP contribution in [0.1, 0.15) is 12.8 Å². The van der Waals surface area contributed by atoms with Gasteiger partial charge >= 0.3 is 0 Å². The molecular formula is C12H18N2O4. The van der Waals surface area contributed by atoms with Crippen molar-refractivity contribution in [3.8, 4) is 0 Å². The van der Waals surface area contributed by atoms with Crippen molar-refractivity contribution in [3.63, 3.8) is 0 Å². The minimum absolute atomic E-state index is 0.0583. The largest absolute Gasteiger partial charge is 0.550 e. The highest BCUT2D eigenvalue weighted by Crippen LogP contribution is 2.05. The molecule has 0 spiro atoms. The van der Waals surface area contributed by atoms with Crippen molar-refractivity contribution in [2.75, 3.05) is 18.5 Å². The third kappa shape index (κ3) is 9.32. The molecule has 0 aliphatic carbocycles. The van der Waals surface area contributed by atoms with Gasteiger partial charge in [0.1, 0.15) is 0 Å². The van der Waals surface area contributed by atoms with Crippen LogP contribution in [0, 0.1) is 0 Å². The molecule has 0 saturated carbocycles. The lowest BCUT2D eigenvalue weighted by molar-refractivity contribution is -0.372. The average molecular weight is 254 g/mol. The lowest BCUT2D eigenvalue weighted by atomic mass is 10.2. The van der Waals surface area contributed by atoms with Gasteiger partial charge in [-0.25, -0.2) is 0 Å². The summed E-state index contributed by atoms with van der Waals surface area (Å²) in [6.45, 7) is 0.833. The van der Waals surface area contributed by atoms with E-state index < -0.39 is 5.97 Å². The monoisotopic (exact) mass is 254 g/mol. The number of quaternary nitrogens is 1. The van der Waals surface area contributed by atoms with Crippen LogP contribution in [0.15, 0.2) is 30.3 Å². The number of aliphatic hydroxyl groups is 1. The molecule has 0 radical (unpaired) electrons. The van der Waals surface area contributed by atoms with Crippen LogP contribution in [0.3, 0.4) is 0 Å². The van der Waals surface area contributed by atoms with Crippen LogP contribution in [-0.2, 0) is 9.59 Å². The maximum atomic E-state index is 11.1. The van der Waals surface area contributed by atoms with Crippen LogP contribution >= 0.6 is 0 Å². The van der Waals surface area contributed by atoms with Gasteiger partial charge in [-0.05, 0) is 18.6 Å². The molecule has 100 valence electrons. The minimum Gasteiger partial charge on any atom is -0.550 e. The molecular weight excluding hydrogens is 236 g/mol. The van der Waals surface area contributed by atoms with Gasteiger partial charge in [-0.3, -0.25) is 4.79 Å². The Morgan fingerprint density at radius 3 is 2.22 bits per heavy atom. The number of aliphatic hydroxyl groups excluding tert-OH is 1. The van der Waals surface area contributed by atoms with E-state index in [4.69, 9.17) is 5.11 Å². The van der Waals surface area contributed by atoms with Gasteiger partial charge < -0.3 is 26.1 Å². The molecule has 0 aliphatic heterocycles. The zero-order chi connectivity index (χ0) is 13.8. The van der Waals surface area contributed by atoms with Crippen LogP contribution in [0.5, 0.6) is 0 Å². The SMILES string of the molecule is O=C([O-])CCC(=O)Nc1ccccc1.[NH3+]CCO. The first-order chi connectivity index (χ1) is 8.60. The number of carbonyl (C=O) groups is 2. The third-order valence-corrected chi connectivity index (χ3v) is 1.77. The molecule has 0 saturated heterocycles. The quantitative estimate of drug-likeness (QED) is 0.585. The predicted molar refractivity (Wildman–Crippen MR) is 64.2 cm³/mol. The van der Waals surface area contributed by atoms with Crippen LogP contribution < -0.4 is 16.2 Å². The molecule has 0 heterocycles. The van der Waals surface area contributed by atoms with Crippen molar-refractivity contribution < 1.29 is 25.5 Å². The Bertz CT molecular complexity index is 352. The standard InChI is InChI=1S/C10H11NO3.C2H7NO/c12-9(6-7-10(13)14)11-8-4-2-1-3-5-8;3-1-2-4/h1-5H,6-7H2,(H,11,12)(H,13,14);4H,1-3H2. The second kappa shape index (κ2) is 10.2. The summed E-state index contributed by atoms with van der Waals surface area (Å²) in [5.74, 6) is -1.53. The van der Waals surface area contributed by atoms with Gasteiger partial charge in [0.25, 0.3) is 0 Å². The number of benzene rings is 1. The van der Waals surface area contributed by atoms with Crippen LogP contribution in [0.25, 0.3) is 0 Å². The Kier molecular flexibility index (Phi) is 9.15. The van der Waals surface area contributed by atoms with Crippen molar-refractivity contribution in [2.24, 2.45) is 0 Å². The van der Waals surface area contributed by atoms with E-state index in [0.29, 0.717) is 12.2 Å². The summed E-state index contributed by atoms with van der Waals surface area (Å²) in [4.78, 5) is 21.2. The highest BCUT2D eigenvalue weighted by atomic mass is 16.4. The Morgan fingerprint density at radius 1 is 1.22 bits per heavy atom. The number of rotatable bonds is 5. The number of hydrogen-bond donors (Lipinski definition) is 3. The lowest BCUT2D eigenvalue weighted by Crippen LogP contribution is -2.51. The van der Waals surface area contributed by atoms with E-state index in [9.17, 15) is 14.7 Å². The van der Waals surface area contributed by atoms with Crippen molar-refractivity contribution in [1.82, 2.24) is 0 Å². The number of carbonyl (C=O) groups excluding carboxylic acids is 2. The van der Waals surface area contributed by atoms with Gasteiger partial charge in [-0.15, -0.1) is 0 Å². The number of para-hydroxylation sites is 1. The Hall–Kier alpha value is -1.92. The molecule has 1 aromatic carbocycles. The van der Waals surface area contributed by atoms with Crippen molar-refractivity contribution in [2.45, 2.75) is 12.8 Å². The average Bonchev–Trinajstić information content (AvgIpc) is 2.38. The normalized spacial score (nSPS) is 9.00. The summed E-state index contributed by atoms with van der Waals surface area (Å²) in [5, 5.41) is 20.4. The fourth-order valence-electron chi connectivity index (χ4n) is 0.961. The topological polar surface area (TPSA) is 117 Å². The Balaban J connectivity index is 0.000000631. The number of carboxylic acid groups (broad SMARTS) is 1. The number of hydrogen-bond acceptors (Lipinski definition) is 4. The van der Waals surface area contributed by atoms with Gasteiger partial charge in [-0.2, -0.15) is 0 Å². The molecule has 0 atom stereocenters. The molecule has 0 fully saturated rings. The first-order valence-electron chi connectivity index (χ1n) is 5.55. The van der Waals surface area contributed by atoms with E-state index in [0.717, 1.165) is 0 Å². The highest BCUT2D eigenvalue weighted by Gasteiger charge is 2.00. The summed E-state index contributed by atoms with van der Waals surface area (Å²) >= 11 is 0. The zero-order valence-corrected chi connectivity index (χ0v) is 10.1. The fourth-order valence-corrected chi connectivity index (χ4v) is 0.961. The number of carboxylic acids is 1. The summed E-state index contributed by atoms with van der Waals surface area (Å²) in [6, 6.07) is 8.87. The summed E-state index contributed by atoms with van der Waals surface area (Å²) in [5.41, 5.74) is 4.02. The van der Waals surface area contributed by atoms with Crippen LogP contribution in [0.2, 0.25) is 0 Å². The van der Waals surface area contributed by atoms with Crippen molar-refractivity contribution in [3.05, 3.63) is 30.3 Å². The van der Waals surface area contributed by atoms with Gasteiger partial charge in [-0.1, -0.05) is 18.2 Å². The molecule has 0 unspecified atom stereocenters. The Labute approximate surface area is 105 Å². The molecule has 1 rings (SSSR count). The van der Waals surface area contributed by atoms with Gasteiger partial charge in [0.15, 0.2) is 0 Å². The number of aliphatic carboxylic acids is 1. The molecule has 1 amide bonds. The number of amides is 1. The van der Waals surface area contributed by atoms with Gasteiger partial charge in [0.2, 0.25) is 5.91 Å². The molecule has 1 aromatic rings. The van der Waals surface area contributed by atoms with Crippen LogP contribution in [-0.4, -0.2) is 30.1 Å². The van der Waals surface area contributed by atoms with E-state index >= 15 is 0 Å². The summed E-state index contributed by atoms with van der Waals surface area (Å²) in [6.07, 6.45) is -0.310. The zero-order valence-electron chi connectivity index (χ0n) is 10.1. The van der Waals surface area contributed by atoms with E-state index in [2.05, 4.69) is 11.1 Å². The maximum Gasteiger partial charge on any atom is 0.224 e. The summed E-state index contributed by atoms with van der Waals surface area (Å²) in [7, 11) is 0. The lowest BCUT2D eigenvalue weighted by Gasteiger charge is -2.04. The predicted octanol–water partition coefficient (Wildman–Crippen LogP) is -1.62. The fraction of sp³-hybridized carbons (Fsp3) is 0.333. The van der Waals surface area contributed by atoms with E-state index in [1.54, 1.807) is 24.3 Å². The minimum atomic E-state index is -1.21.